The number of piperidine rings is 1. The average Bonchev–Trinajstić information content (AvgIpc) is 2.59. The van der Waals surface area contributed by atoms with Crippen molar-refractivity contribution in [2.75, 3.05) is 32.7 Å². The minimum Gasteiger partial charge on any atom is -0.337 e. The van der Waals surface area contributed by atoms with E-state index >= 15 is 0 Å². The molecule has 1 aromatic carbocycles. The Morgan fingerprint density at radius 3 is 2.76 bits per heavy atom. The Morgan fingerprint density at radius 1 is 1.14 bits per heavy atom. The zero-order valence-corrected chi connectivity index (χ0v) is 12.6. The van der Waals surface area contributed by atoms with Crippen LogP contribution in [-0.4, -0.2) is 48.4 Å². The van der Waals surface area contributed by atoms with Crippen molar-refractivity contribution < 1.29 is 4.79 Å². The van der Waals surface area contributed by atoms with Crippen LogP contribution in [0.25, 0.3) is 0 Å². The normalized spacial score (nSPS) is 25.0. The van der Waals surface area contributed by atoms with Gasteiger partial charge >= 0.3 is 0 Å². The Hall–Kier alpha value is -1.35. The molecular formula is C18H28N2O. The fourth-order valence-electron chi connectivity index (χ4n) is 3.49. The highest BCUT2D eigenvalue weighted by Crippen LogP contribution is 2.22. The molecule has 3 rings (SSSR count). The van der Waals surface area contributed by atoms with Gasteiger partial charge in [-0.25, -0.2) is 0 Å². The monoisotopic (exact) mass is 288 g/mol. The van der Waals surface area contributed by atoms with Gasteiger partial charge in [0.1, 0.15) is 0 Å². The lowest BCUT2D eigenvalue weighted by Gasteiger charge is -2.29. The van der Waals surface area contributed by atoms with E-state index in [1.54, 1.807) is 0 Å². The highest BCUT2D eigenvalue weighted by molar-refractivity contribution is 5.95. The van der Waals surface area contributed by atoms with Crippen LogP contribution in [0.2, 0.25) is 0 Å². The maximum atomic E-state index is 12.8. The van der Waals surface area contributed by atoms with Crippen molar-refractivity contribution in [2.24, 2.45) is 5.92 Å². The number of carbonyl (C=O) groups excluding carboxylic acids is 1. The summed E-state index contributed by atoms with van der Waals surface area (Å²) < 4.78 is 0. The molecule has 0 saturated carbocycles. The molecule has 0 N–H and O–H groups in total. The summed E-state index contributed by atoms with van der Waals surface area (Å²) in [6.07, 6.45) is 2.56. The van der Waals surface area contributed by atoms with Crippen LogP contribution in [0.15, 0.2) is 18.2 Å². The average molecular weight is 288 g/mol. The standard InChI is InChI=1S/C17H24N2O.CH4/c1-13-5-6-14(2)16(10-13)17(20)19-9-8-18-7-3-4-15(11-18)12-19;/h5-6,10,15H,3-4,7-9,11-12H2,1-2H3;1H4. The number of rotatable bonds is 1. The van der Waals surface area contributed by atoms with Gasteiger partial charge in [-0.15, -0.1) is 0 Å². The highest BCUT2D eigenvalue weighted by Gasteiger charge is 2.29. The minimum absolute atomic E-state index is 0. The van der Waals surface area contributed by atoms with E-state index in [4.69, 9.17) is 0 Å². The molecular weight excluding hydrogens is 260 g/mol. The van der Waals surface area contributed by atoms with E-state index < -0.39 is 0 Å². The third kappa shape index (κ3) is 3.46. The molecule has 2 heterocycles. The number of hydrogen-bond acceptors (Lipinski definition) is 2. The number of benzene rings is 1. The van der Waals surface area contributed by atoms with Crippen LogP contribution in [0.1, 0.15) is 41.8 Å². The second-order valence-corrected chi connectivity index (χ2v) is 6.38. The van der Waals surface area contributed by atoms with Crippen LogP contribution in [0.4, 0.5) is 0 Å². The van der Waals surface area contributed by atoms with Gasteiger partial charge in [0, 0.05) is 31.7 Å². The predicted octanol–water partition coefficient (Wildman–Crippen LogP) is 3.11. The third-order valence-corrected chi connectivity index (χ3v) is 4.68. The van der Waals surface area contributed by atoms with Crippen LogP contribution < -0.4 is 0 Å². The summed E-state index contributed by atoms with van der Waals surface area (Å²) in [6.45, 7) is 9.32. The molecule has 3 heteroatoms. The van der Waals surface area contributed by atoms with Gasteiger partial charge in [-0.1, -0.05) is 25.1 Å². The molecule has 1 amide bonds. The summed E-state index contributed by atoms with van der Waals surface area (Å²) >= 11 is 0. The van der Waals surface area contributed by atoms with Gasteiger partial charge < -0.3 is 9.80 Å². The molecule has 2 saturated heterocycles. The molecule has 2 unspecified atom stereocenters. The molecule has 3 nitrogen and oxygen atoms in total. The lowest BCUT2D eigenvalue weighted by atomic mass is 9.98. The molecule has 2 aliphatic rings. The topological polar surface area (TPSA) is 23.6 Å². The van der Waals surface area contributed by atoms with Crippen LogP contribution in [0, 0.1) is 19.8 Å². The van der Waals surface area contributed by atoms with Crippen molar-refractivity contribution in [3.63, 3.8) is 0 Å². The van der Waals surface area contributed by atoms with Crippen molar-refractivity contribution >= 4 is 5.91 Å². The molecule has 2 atom stereocenters. The molecule has 0 spiro atoms. The van der Waals surface area contributed by atoms with Crippen LogP contribution in [0.3, 0.4) is 0 Å². The van der Waals surface area contributed by atoms with Gasteiger partial charge in [-0.05, 0) is 50.8 Å². The first-order chi connectivity index (χ1) is 9.63. The summed E-state index contributed by atoms with van der Waals surface area (Å²) in [5.74, 6) is 0.889. The Labute approximate surface area is 128 Å². The quantitative estimate of drug-likeness (QED) is 0.793. The van der Waals surface area contributed by atoms with E-state index in [2.05, 4.69) is 28.9 Å². The molecule has 0 aliphatic carbocycles. The smallest absolute Gasteiger partial charge is 0.254 e. The predicted molar refractivity (Wildman–Crippen MR) is 87.7 cm³/mol. The van der Waals surface area contributed by atoms with Gasteiger partial charge in [0.15, 0.2) is 0 Å². The maximum Gasteiger partial charge on any atom is 0.254 e. The lowest BCUT2D eigenvalue weighted by molar-refractivity contribution is 0.0745. The minimum atomic E-state index is 0. The van der Waals surface area contributed by atoms with Crippen LogP contribution >= 0.6 is 0 Å². The van der Waals surface area contributed by atoms with Gasteiger partial charge in [0.05, 0.1) is 0 Å². The Balaban J connectivity index is 0.00000161. The van der Waals surface area contributed by atoms with Crippen molar-refractivity contribution in [1.82, 2.24) is 9.80 Å². The number of carbonyl (C=O) groups is 1. The van der Waals surface area contributed by atoms with E-state index in [0.717, 1.165) is 36.3 Å². The number of aryl methyl sites for hydroxylation is 2. The highest BCUT2D eigenvalue weighted by atomic mass is 16.2. The maximum absolute atomic E-state index is 12.8. The van der Waals surface area contributed by atoms with Crippen LogP contribution in [0.5, 0.6) is 0 Å². The van der Waals surface area contributed by atoms with Gasteiger partial charge in [-0.2, -0.15) is 0 Å². The first-order valence-corrected chi connectivity index (χ1v) is 7.72. The fraction of sp³-hybridized carbons (Fsp3) is 0.611. The second kappa shape index (κ2) is 6.61. The van der Waals surface area contributed by atoms with Gasteiger partial charge in [0.2, 0.25) is 0 Å². The SMILES string of the molecule is C.Cc1ccc(C)c(C(=O)N2CCN3CCCC(C3)C2)c1. The molecule has 2 fully saturated rings. The molecule has 1 aromatic rings. The number of fused-ring (bicyclic) bond motifs is 2. The Kier molecular flexibility index (Phi) is 5.04. The number of hydrogen-bond donors (Lipinski definition) is 0. The number of nitrogens with zero attached hydrogens (tertiary/aromatic N) is 2. The molecule has 21 heavy (non-hydrogen) atoms. The lowest BCUT2D eigenvalue weighted by Crippen LogP contribution is -2.36. The fourth-order valence-corrected chi connectivity index (χ4v) is 3.49. The van der Waals surface area contributed by atoms with Crippen molar-refractivity contribution in [1.29, 1.82) is 0 Å². The van der Waals surface area contributed by atoms with Gasteiger partial charge in [-0.3, -0.25) is 4.79 Å². The first-order valence-electron chi connectivity index (χ1n) is 7.72. The molecule has 116 valence electrons. The molecule has 2 aliphatic heterocycles. The summed E-state index contributed by atoms with van der Waals surface area (Å²) in [6, 6.07) is 6.17. The Morgan fingerprint density at radius 2 is 1.95 bits per heavy atom. The second-order valence-electron chi connectivity index (χ2n) is 6.38. The van der Waals surface area contributed by atoms with E-state index in [9.17, 15) is 4.79 Å². The zero-order chi connectivity index (χ0) is 14.1. The van der Waals surface area contributed by atoms with Crippen molar-refractivity contribution in [2.45, 2.75) is 34.1 Å². The summed E-state index contributed by atoms with van der Waals surface area (Å²) in [4.78, 5) is 17.4. The third-order valence-electron chi connectivity index (χ3n) is 4.68. The molecule has 0 aromatic heterocycles. The largest absolute Gasteiger partial charge is 0.337 e. The van der Waals surface area contributed by atoms with E-state index in [-0.39, 0.29) is 13.3 Å². The van der Waals surface area contributed by atoms with Gasteiger partial charge in [0.25, 0.3) is 5.91 Å². The van der Waals surface area contributed by atoms with E-state index in [1.807, 2.05) is 13.0 Å². The summed E-state index contributed by atoms with van der Waals surface area (Å²) in [7, 11) is 0. The number of amides is 1. The first kappa shape index (κ1) is 16.0. The van der Waals surface area contributed by atoms with Crippen molar-refractivity contribution in [3.05, 3.63) is 34.9 Å². The van der Waals surface area contributed by atoms with E-state index in [0.29, 0.717) is 5.92 Å². The molecule has 2 bridgehead atoms. The summed E-state index contributed by atoms with van der Waals surface area (Å²) in [5.41, 5.74) is 3.14. The zero-order valence-electron chi connectivity index (χ0n) is 12.6. The Bertz CT molecular complexity index is 512. The van der Waals surface area contributed by atoms with Crippen LogP contribution in [-0.2, 0) is 0 Å². The van der Waals surface area contributed by atoms with E-state index in [1.165, 1.54) is 25.9 Å². The summed E-state index contributed by atoms with van der Waals surface area (Å²) in [5, 5.41) is 0. The molecule has 0 radical (unpaired) electrons. The van der Waals surface area contributed by atoms with Crippen molar-refractivity contribution in [3.8, 4) is 0 Å².